The first kappa shape index (κ1) is 22.5. The summed E-state index contributed by atoms with van der Waals surface area (Å²) < 4.78 is 5.76. The third-order valence-electron chi connectivity index (χ3n) is 5.93. The summed E-state index contributed by atoms with van der Waals surface area (Å²) in [5.74, 6) is 0.641. The molecule has 166 valence electrons. The molecule has 3 heterocycles. The summed E-state index contributed by atoms with van der Waals surface area (Å²) in [5, 5.41) is 2.84. The minimum absolute atomic E-state index is 0.0141. The number of benzene rings is 1. The van der Waals surface area contributed by atoms with Crippen LogP contribution in [0, 0.1) is 12.8 Å². The molecule has 2 bridgehead atoms. The van der Waals surface area contributed by atoms with Gasteiger partial charge in [-0.25, -0.2) is 0 Å². The van der Waals surface area contributed by atoms with Crippen LogP contribution in [-0.4, -0.2) is 45.0 Å². The number of carbonyl (C=O) groups is 1. The van der Waals surface area contributed by atoms with Crippen LogP contribution in [0.4, 0.5) is 0 Å². The van der Waals surface area contributed by atoms with Crippen molar-refractivity contribution in [1.29, 1.82) is 0 Å². The molecule has 0 saturated carbocycles. The SMILES string of the molecule is Cc1ccccc1OCC(=O)N[C@H](N1C[C@H]2C[C@H](C1)c1cccc(=O)n1C2)C(Cl)(Cl)Cl. The fourth-order valence-electron chi connectivity index (χ4n) is 4.58. The number of para-hydroxylation sites is 1. The van der Waals surface area contributed by atoms with Gasteiger partial charge in [0.05, 0.1) is 0 Å². The Morgan fingerprint density at radius 1 is 1.16 bits per heavy atom. The summed E-state index contributed by atoms with van der Waals surface area (Å²) in [4.78, 5) is 26.9. The molecule has 1 aromatic heterocycles. The summed E-state index contributed by atoms with van der Waals surface area (Å²) in [6.45, 7) is 3.55. The van der Waals surface area contributed by atoms with Gasteiger partial charge in [0, 0.05) is 37.3 Å². The molecule has 4 rings (SSSR count). The van der Waals surface area contributed by atoms with E-state index < -0.39 is 9.96 Å². The zero-order valence-corrected chi connectivity index (χ0v) is 19.3. The largest absolute Gasteiger partial charge is 0.484 e. The number of aryl methyl sites for hydroxylation is 1. The van der Waals surface area contributed by atoms with E-state index in [1.165, 1.54) is 0 Å². The van der Waals surface area contributed by atoms with Crippen molar-refractivity contribution >= 4 is 40.7 Å². The van der Waals surface area contributed by atoms with Gasteiger partial charge in [0.2, 0.25) is 3.79 Å². The van der Waals surface area contributed by atoms with E-state index in [1.807, 2.05) is 40.7 Å². The van der Waals surface area contributed by atoms with Gasteiger partial charge in [-0.05, 0) is 37.0 Å². The van der Waals surface area contributed by atoms with Gasteiger partial charge in [0.15, 0.2) is 6.61 Å². The van der Waals surface area contributed by atoms with Crippen molar-refractivity contribution in [2.24, 2.45) is 5.92 Å². The van der Waals surface area contributed by atoms with Crippen LogP contribution in [0.25, 0.3) is 0 Å². The number of nitrogens with zero attached hydrogens (tertiary/aromatic N) is 2. The van der Waals surface area contributed by atoms with E-state index in [2.05, 4.69) is 5.32 Å². The molecule has 3 atom stereocenters. The Morgan fingerprint density at radius 2 is 1.94 bits per heavy atom. The lowest BCUT2D eigenvalue weighted by Gasteiger charge is -2.47. The van der Waals surface area contributed by atoms with Crippen LogP contribution < -0.4 is 15.6 Å². The van der Waals surface area contributed by atoms with Crippen molar-refractivity contribution in [1.82, 2.24) is 14.8 Å². The van der Waals surface area contributed by atoms with Gasteiger partial charge in [-0.1, -0.05) is 59.1 Å². The molecule has 1 fully saturated rings. The van der Waals surface area contributed by atoms with Crippen LogP contribution in [0.5, 0.6) is 5.75 Å². The Balaban J connectivity index is 1.47. The van der Waals surface area contributed by atoms with E-state index >= 15 is 0 Å². The first-order valence-corrected chi connectivity index (χ1v) is 11.3. The number of fused-ring (bicyclic) bond motifs is 4. The summed E-state index contributed by atoms with van der Waals surface area (Å²) in [5.41, 5.74) is 1.94. The van der Waals surface area contributed by atoms with Crippen LogP contribution in [0.1, 0.15) is 23.6 Å². The molecule has 1 aromatic carbocycles. The number of likely N-dealkylation sites (tertiary alicyclic amines) is 1. The van der Waals surface area contributed by atoms with E-state index in [0.717, 1.165) is 17.7 Å². The molecule has 0 unspecified atom stereocenters. The predicted molar refractivity (Wildman–Crippen MR) is 122 cm³/mol. The molecular weight excluding hydrogens is 461 g/mol. The molecule has 0 radical (unpaired) electrons. The van der Waals surface area contributed by atoms with Gasteiger partial charge in [0.25, 0.3) is 11.5 Å². The second kappa shape index (κ2) is 9.02. The van der Waals surface area contributed by atoms with Gasteiger partial charge in [-0.15, -0.1) is 0 Å². The third-order valence-corrected chi connectivity index (χ3v) is 6.55. The molecule has 1 N–H and O–H groups in total. The number of pyridine rings is 1. The molecule has 0 spiro atoms. The Labute approximate surface area is 196 Å². The molecule has 1 amide bonds. The number of halogens is 3. The number of carbonyl (C=O) groups excluding carboxylic acids is 1. The number of amides is 1. The number of nitrogens with one attached hydrogen (secondary N) is 1. The van der Waals surface area contributed by atoms with Crippen molar-refractivity contribution in [2.75, 3.05) is 19.7 Å². The zero-order chi connectivity index (χ0) is 22.2. The smallest absolute Gasteiger partial charge is 0.259 e. The number of ether oxygens (including phenoxy) is 1. The maximum absolute atomic E-state index is 12.6. The fourth-order valence-corrected chi connectivity index (χ4v) is 5.16. The summed E-state index contributed by atoms with van der Waals surface area (Å²) in [7, 11) is 0. The molecule has 31 heavy (non-hydrogen) atoms. The molecule has 9 heteroatoms. The maximum atomic E-state index is 12.6. The van der Waals surface area contributed by atoms with Crippen molar-refractivity contribution in [3.63, 3.8) is 0 Å². The highest BCUT2D eigenvalue weighted by Gasteiger charge is 2.44. The van der Waals surface area contributed by atoms with Gasteiger partial charge >= 0.3 is 0 Å². The topological polar surface area (TPSA) is 63.6 Å². The van der Waals surface area contributed by atoms with Crippen LogP contribution in [0.15, 0.2) is 47.3 Å². The standard InChI is InChI=1S/C22H24Cl3N3O3/c1-14-5-2-3-7-18(14)31-13-19(29)26-21(22(23,24)25)27-10-15-9-16(12-27)17-6-4-8-20(30)28(17)11-15/h2-8,15-16,21H,9-13H2,1H3,(H,26,29)/t15-,16-,21-/m1/s1. The normalized spacial score (nSPS) is 21.8. The van der Waals surface area contributed by atoms with E-state index in [4.69, 9.17) is 39.5 Å². The number of piperidine rings is 1. The third kappa shape index (κ3) is 5.03. The van der Waals surface area contributed by atoms with E-state index in [9.17, 15) is 9.59 Å². The lowest BCUT2D eigenvalue weighted by atomic mass is 9.83. The zero-order valence-electron chi connectivity index (χ0n) is 17.1. The lowest BCUT2D eigenvalue weighted by molar-refractivity contribution is -0.125. The Kier molecular flexibility index (Phi) is 6.54. The van der Waals surface area contributed by atoms with Crippen molar-refractivity contribution < 1.29 is 9.53 Å². The molecule has 2 aliphatic rings. The molecule has 1 saturated heterocycles. The Hall–Kier alpha value is -1.73. The second-order valence-corrected chi connectivity index (χ2v) is 10.6. The van der Waals surface area contributed by atoms with Gasteiger partial charge in [0.1, 0.15) is 11.9 Å². The summed E-state index contributed by atoms with van der Waals surface area (Å²) in [6.07, 6.45) is 0.161. The first-order valence-electron chi connectivity index (χ1n) is 10.2. The average Bonchev–Trinajstić information content (AvgIpc) is 2.71. The Bertz CT molecular complexity index is 1020. The molecule has 2 aliphatic heterocycles. The van der Waals surface area contributed by atoms with Crippen LogP contribution in [0.2, 0.25) is 0 Å². The quantitative estimate of drug-likeness (QED) is 0.660. The molecule has 6 nitrogen and oxygen atoms in total. The van der Waals surface area contributed by atoms with Crippen LogP contribution in [0.3, 0.4) is 0 Å². The summed E-state index contributed by atoms with van der Waals surface area (Å²) in [6, 6.07) is 12.8. The van der Waals surface area contributed by atoms with Crippen LogP contribution in [-0.2, 0) is 11.3 Å². The number of alkyl halides is 3. The highest BCUT2D eigenvalue weighted by atomic mass is 35.6. The minimum Gasteiger partial charge on any atom is -0.484 e. The van der Waals surface area contributed by atoms with E-state index in [-0.39, 0.29) is 29.9 Å². The minimum atomic E-state index is -1.72. The van der Waals surface area contributed by atoms with Crippen molar-refractivity contribution in [2.45, 2.75) is 35.8 Å². The number of aromatic nitrogens is 1. The van der Waals surface area contributed by atoms with E-state index in [0.29, 0.717) is 25.4 Å². The van der Waals surface area contributed by atoms with Gasteiger partial charge in [-0.3, -0.25) is 14.5 Å². The van der Waals surface area contributed by atoms with Gasteiger partial charge in [-0.2, -0.15) is 0 Å². The summed E-state index contributed by atoms with van der Waals surface area (Å²) >= 11 is 18.8. The maximum Gasteiger partial charge on any atom is 0.259 e. The average molecular weight is 485 g/mol. The molecule has 2 aromatic rings. The van der Waals surface area contributed by atoms with Gasteiger partial charge < -0.3 is 14.6 Å². The number of rotatable bonds is 5. The first-order chi connectivity index (χ1) is 14.7. The van der Waals surface area contributed by atoms with Crippen LogP contribution >= 0.6 is 34.8 Å². The highest BCUT2D eigenvalue weighted by molar-refractivity contribution is 6.68. The molecule has 0 aliphatic carbocycles. The Morgan fingerprint density at radius 3 is 2.68 bits per heavy atom. The highest BCUT2D eigenvalue weighted by Crippen LogP contribution is 2.39. The monoisotopic (exact) mass is 483 g/mol. The van der Waals surface area contributed by atoms with E-state index in [1.54, 1.807) is 18.2 Å². The molecular formula is C22H24Cl3N3O3. The van der Waals surface area contributed by atoms with Crippen molar-refractivity contribution in [3.05, 3.63) is 64.1 Å². The lowest BCUT2D eigenvalue weighted by Crippen LogP contribution is -2.60. The fraction of sp³-hybridized carbons (Fsp3) is 0.455. The number of hydrogen-bond donors (Lipinski definition) is 1. The van der Waals surface area contributed by atoms with Crippen molar-refractivity contribution in [3.8, 4) is 5.75 Å². The second-order valence-electron chi connectivity index (χ2n) is 8.22. The predicted octanol–water partition coefficient (Wildman–Crippen LogP) is 3.47. The number of hydrogen-bond acceptors (Lipinski definition) is 4.